The fraction of sp³-hybridized carbons (Fsp3) is 0.393. The van der Waals surface area contributed by atoms with Gasteiger partial charge in [-0.15, -0.1) is 0 Å². The summed E-state index contributed by atoms with van der Waals surface area (Å²) in [5.74, 6) is -0.0630. The van der Waals surface area contributed by atoms with Crippen LogP contribution in [0.2, 0.25) is 0 Å². The summed E-state index contributed by atoms with van der Waals surface area (Å²) in [7, 11) is 0. The second kappa shape index (κ2) is 10.7. The predicted molar refractivity (Wildman–Crippen MR) is 126 cm³/mol. The van der Waals surface area contributed by atoms with Crippen molar-refractivity contribution in [3.05, 3.63) is 71.6 Å². The lowest BCUT2D eigenvalue weighted by molar-refractivity contribution is 0.303. The lowest BCUT2D eigenvalue weighted by Crippen LogP contribution is -2.13. The van der Waals surface area contributed by atoms with Gasteiger partial charge in [0.1, 0.15) is 23.3 Å². The van der Waals surface area contributed by atoms with E-state index < -0.39 is 17.2 Å². The largest absolute Gasteiger partial charge is 0.236 e. The fourth-order valence-corrected chi connectivity index (χ4v) is 4.85. The quantitative estimate of drug-likeness (QED) is 0.348. The summed E-state index contributed by atoms with van der Waals surface area (Å²) >= 11 is 0. The molecule has 5 heteroatoms. The number of hydrogen-bond acceptors (Lipinski definition) is 3. The van der Waals surface area contributed by atoms with Gasteiger partial charge in [0.2, 0.25) is 0 Å². The highest BCUT2D eigenvalue weighted by atomic mass is 19.1. The van der Waals surface area contributed by atoms with Crippen molar-refractivity contribution in [1.82, 2.24) is 9.97 Å². The molecule has 0 N–H and O–H groups in total. The fourth-order valence-electron chi connectivity index (χ4n) is 4.85. The third-order valence-electron chi connectivity index (χ3n) is 6.84. The minimum atomic E-state index is -0.911. The van der Waals surface area contributed by atoms with E-state index in [1.807, 2.05) is 0 Å². The van der Waals surface area contributed by atoms with E-state index in [1.54, 1.807) is 12.4 Å². The SMILES string of the molecule is CCCCC[C@H]1CC[C@H](c2ccc(-c3cnc(-c4cc(F)c(C#N)c(F)c4)nc3)cc2)CC1. The van der Waals surface area contributed by atoms with Gasteiger partial charge in [0.05, 0.1) is 0 Å². The molecule has 1 aromatic heterocycles. The summed E-state index contributed by atoms with van der Waals surface area (Å²) in [5, 5.41) is 8.82. The topological polar surface area (TPSA) is 49.6 Å². The van der Waals surface area contributed by atoms with Gasteiger partial charge < -0.3 is 0 Å². The third-order valence-corrected chi connectivity index (χ3v) is 6.84. The third kappa shape index (κ3) is 5.45. The molecule has 0 bridgehead atoms. The summed E-state index contributed by atoms with van der Waals surface area (Å²) in [4.78, 5) is 8.57. The molecular formula is C28H29F2N3. The first kappa shape index (κ1) is 23.0. The van der Waals surface area contributed by atoms with Crippen molar-refractivity contribution in [3.63, 3.8) is 0 Å². The minimum Gasteiger partial charge on any atom is -0.236 e. The Morgan fingerprint density at radius 1 is 0.879 bits per heavy atom. The van der Waals surface area contributed by atoms with Gasteiger partial charge in [-0.1, -0.05) is 56.9 Å². The van der Waals surface area contributed by atoms with E-state index in [9.17, 15) is 8.78 Å². The Bertz CT molecular complexity index is 1090. The average molecular weight is 446 g/mol. The van der Waals surface area contributed by atoms with Crippen LogP contribution in [0.5, 0.6) is 0 Å². The van der Waals surface area contributed by atoms with Gasteiger partial charge in [-0.05, 0) is 60.8 Å². The van der Waals surface area contributed by atoms with Gasteiger partial charge in [-0.25, -0.2) is 18.7 Å². The molecule has 170 valence electrons. The van der Waals surface area contributed by atoms with E-state index in [0.29, 0.717) is 5.92 Å². The number of hydrogen-bond donors (Lipinski definition) is 0. The van der Waals surface area contributed by atoms with Crippen molar-refractivity contribution in [1.29, 1.82) is 5.26 Å². The molecule has 3 aromatic rings. The molecule has 4 rings (SSSR count). The molecule has 1 aliphatic carbocycles. The molecule has 33 heavy (non-hydrogen) atoms. The normalized spacial score (nSPS) is 18.1. The first-order valence-electron chi connectivity index (χ1n) is 11.9. The summed E-state index contributed by atoms with van der Waals surface area (Å²) in [5.41, 5.74) is 2.86. The lowest BCUT2D eigenvalue weighted by atomic mass is 9.77. The van der Waals surface area contributed by atoms with Gasteiger partial charge >= 0.3 is 0 Å². The maximum absolute atomic E-state index is 13.9. The molecule has 0 amide bonds. The zero-order chi connectivity index (χ0) is 23.2. The van der Waals surface area contributed by atoms with Crippen LogP contribution in [-0.2, 0) is 0 Å². The van der Waals surface area contributed by atoms with Crippen LogP contribution in [0, 0.1) is 28.9 Å². The van der Waals surface area contributed by atoms with Crippen LogP contribution in [0.25, 0.3) is 22.5 Å². The van der Waals surface area contributed by atoms with Crippen molar-refractivity contribution in [3.8, 4) is 28.6 Å². The van der Waals surface area contributed by atoms with E-state index in [2.05, 4.69) is 41.2 Å². The molecule has 0 spiro atoms. The Kier molecular flexibility index (Phi) is 7.44. The average Bonchev–Trinajstić information content (AvgIpc) is 2.85. The number of aromatic nitrogens is 2. The van der Waals surface area contributed by atoms with Crippen molar-refractivity contribution in [2.45, 2.75) is 64.2 Å². The lowest BCUT2D eigenvalue weighted by Gasteiger charge is -2.29. The molecular weight excluding hydrogens is 416 g/mol. The van der Waals surface area contributed by atoms with Crippen molar-refractivity contribution >= 4 is 0 Å². The summed E-state index contributed by atoms with van der Waals surface area (Å²) in [6.45, 7) is 2.26. The summed E-state index contributed by atoms with van der Waals surface area (Å²) < 4.78 is 27.8. The number of nitrogens with zero attached hydrogens (tertiary/aromatic N) is 3. The van der Waals surface area contributed by atoms with E-state index in [0.717, 1.165) is 29.2 Å². The van der Waals surface area contributed by atoms with Crippen molar-refractivity contribution < 1.29 is 8.78 Å². The highest BCUT2D eigenvalue weighted by molar-refractivity contribution is 5.64. The number of rotatable bonds is 7. The van der Waals surface area contributed by atoms with Gasteiger partial charge in [-0.2, -0.15) is 5.26 Å². The Hall–Kier alpha value is -3.13. The maximum atomic E-state index is 13.9. The van der Waals surface area contributed by atoms with Crippen molar-refractivity contribution in [2.75, 3.05) is 0 Å². The molecule has 3 nitrogen and oxygen atoms in total. The summed E-state index contributed by atoms with van der Waals surface area (Å²) in [6.07, 6.45) is 13.9. The zero-order valence-corrected chi connectivity index (χ0v) is 19.0. The van der Waals surface area contributed by atoms with Gasteiger partial charge in [-0.3, -0.25) is 0 Å². The van der Waals surface area contributed by atoms with Crippen LogP contribution < -0.4 is 0 Å². The minimum absolute atomic E-state index is 0.205. The van der Waals surface area contributed by atoms with Gasteiger partial charge in [0, 0.05) is 23.5 Å². The predicted octanol–water partition coefficient (Wildman–Crippen LogP) is 7.81. The van der Waals surface area contributed by atoms with E-state index in [4.69, 9.17) is 5.26 Å². The number of benzene rings is 2. The first-order chi connectivity index (χ1) is 16.1. The summed E-state index contributed by atoms with van der Waals surface area (Å²) in [6, 6.07) is 12.3. The molecule has 2 aromatic carbocycles. The molecule has 0 aliphatic heterocycles. The molecule has 1 heterocycles. The Balaban J connectivity index is 1.40. The van der Waals surface area contributed by atoms with E-state index >= 15 is 0 Å². The number of unbranched alkanes of at least 4 members (excludes halogenated alkanes) is 2. The molecule has 0 atom stereocenters. The molecule has 1 saturated carbocycles. The number of nitriles is 1. The standard InChI is InChI=1S/C28H29F2N3/c1-2-3-4-5-19-6-8-20(9-7-19)21-10-12-22(13-11-21)24-17-32-28(33-18-24)23-14-26(29)25(16-31)27(30)15-23/h10-15,17-20H,2-9H2,1H3/t19-,20-. The van der Waals surface area contributed by atoms with Gasteiger partial charge in [0.25, 0.3) is 0 Å². The number of halogens is 2. The van der Waals surface area contributed by atoms with Crippen molar-refractivity contribution in [2.24, 2.45) is 5.92 Å². The van der Waals surface area contributed by atoms with E-state index in [1.165, 1.54) is 63.0 Å². The maximum Gasteiger partial charge on any atom is 0.159 e. The van der Waals surface area contributed by atoms with Crippen LogP contribution in [0.15, 0.2) is 48.8 Å². The van der Waals surface area contributed by atoms with Gasteiger partial charge in [0.15, 0.2) is 5.82 Å². The molecule has 0 unspecified atom stereocenters. The Morgan fingerprint density at radius 2 is 1.52 bits per heavy atom. The zero-order valence-electron chi connectivity index (χ0n) is 19.0. The highest BCUT2D eigenvalue weighted by Crippen LogP contribution is 2.38. The second-order valence-electron chi connectivity index (χ2n) is 9.06. The monoisotopic (exact) mass is 445 g/mol. The first-order valence-corrected chi connectivity index (χ1v) is 11.9. The molecule has 0 radical (unpaired) electrons. The second-order valence-corrected chi connectivity index (χ2v) is 9.06. The Labute approximate surface area is 194 Å². The highest BCUT2D eigenvalue weighted by Gasteiger charge is 2.22. The van der Waals surface area contributed by atoms with Crippen LogP contribution in [-0.4, -0.2) is 9.97 Å². The molecule has 1 aliphatic rings. The smallest absolute Gasteiger partial charge is 0.159 e. The molecule has 1 fully saturated rings. The van der Waals surface area contributed by atoms with E-state index in [-0.39, 0.29) is 11.4 Å². The Morgan fingerprint density at radius 3 is 2.09 bits per heavy atom. The molecule has 0 saturated heterocycles. The van der Waals surface area contributed by atoms with Crippen LogP contribution in [0.4, 0.5) is 8.78 Å². The van der Waals surface area contributed by atoms with Crippen LogP contribution in [0.1, 0.15) is 75.3 Å². The van der Waals surface area contributed by atoms with Crippen LogP contribution in [0.3, 0.4) is 0 Å². The van der Waals surface area contributed by atoms with Crippen LogP contribution >= 0.6 is 0 Å².